The predicted molar refractivity (Wildman–Crippen MR) is 99.6 cm³/mol. The van der Waals surface area contributed by atoms with Crippen LogP contribution in [0.15, 0.2) is 54.6 Å². The van der Waals surface area contributed by atoms with Gasteiger partial charge in [-0.15, -0.1) is 0 Å². The number of hydrogen-bond donors (Lipinski definition) is 2. The molecule has 0 radical (unpaired) electrons. The van der Waals surface area contributed by atoms with Crippen molar-refractivity contribution in [2.75, 3.05) is 5.06 Å². The summed E-state index contributed by atoms with van der Waals surface area (Å²) in [5.74, 6) is -1.34. The average molecular weight is 432 g/mol. The molecule has 2 aromatic rings. The molecular weight excluding hydrogens is 419 g/mol. The Kier molecular flexibility index (Phi) is 5.78. The number of aliphatic hydroxyl groups is 1. The van der Waals surface area contributed by atoms with Crippen LogP contribution >= 0.6 is 34.8 Å². The van der Waals surface area contributed by atoms with E-state index in [1.165, 1.54) is 12.1 Å². The number of nitrogens with zero attached hydrogens (tertiary/aromatic N) is 1. The third kappa shape index (κ3) is 4.45. The van der Waals surface area contributed by atoms with Crippen molar-refractivity contribution in [3.8, 4) is 5.75 Å². The minimum absolute atomic E-state index is 0.181. The van der Waals surface area contributed by atoms with E-state index in [0.717, 1.165) is 5.06 Å². The Morgan fingerprint density at radius 2 is 1.78 bits per heavy atom. The van der Waals surface area contributed by atoms with Crippen molar-refractivity contribution in [1.82, 2.24) is 5.32 Å². The number of hydrogen-bond acceptors (Lipinski definition) is 5. The molecule has 1 aliphatic heterocycles. The van der Waals surface area contributed by atoms with Crippen LogP contribution in [0.3, 0.4) is 0 Å². The van der Waals surface area contributed by atoms with Gasteiger partial charge in [0.2, 0.25) is 10.0 Å². The molecule has 2 atom stereocenters. The van der Waals surface area contributed by atoms with Crippen molar-refractivity contribution < 1.29 is 24.3 Å². The van der Waals surface area contributed by atoms with Crippen LogP contribution in [0.5, 0.6) is 5.75 Å². The number of carbonyl (C=O) groups excluding carboxylic acids is 2. The lowest BCUT2D eigenvalue weighted by Crippen LogP contribution is -2.54. The lowest BCUT2D eigenvalue weighted by atomic mass is 10.2. The SMILES string of the molecule is O=C(NC(ON1C(=O)C(O)Oc2ccccc21)C(Cl)(Cl)Cl)c1ccccc1. The largest absolute Gasteiger partial charge is 0.453 e. The number of fused-ring (bicyclic) bond motifs is 1. The van der Waals surface area contributed by atoms with Gasteiger partial charge in [-0.2, -0.15) is 5.06 Å². The van der Waals surface area contributed by atoms with Gasteiger partial charge in [-0.25, -0.2) is 4.84 Å². The number of ether oxygens (including phenoxy) is 1. The maximum atomic E-state index is 12.4. The summed E-state index contributed by atoms with van der Waals surface area (Å²) >= 11 is 17.8. The molecule has 7 nitrogen and oxygen atoms in total. The number of rotatable bonds is 4. The molecule has 1 heterocycles. The van der Waals surface area contributed by atoms with Gasteiger partial charge in [-0.05, 0) is 24.3 Å². The van der Waals surface area contributed by atoms with Crippen molar-refractivity contribution in [1.29, 1.82) is 0 Å². The summed E-state index contributed by atoms with van der Waals surface area (Å²) < 4.78 is 2.97. The van der Waals surface area contributed by atoms with E-state index in [1.807, 2.05) is 0 Å². The van der Waals surface area contributed by atoms with E-state index < -0.39 is 28.1 Å². The van der Waals surface area contributed by atoms with Crippen LogP contribution in [0, 0.1) is 0 Å². The molecule has 3 rings (SSSR count). The molecule has 2 N–H and O–H groups in total. The van der Waals surface area contributed by atoms with Gasteiger partial charge in [0.25, 0.3) is 12.2 Å². The summed E-state index contributed by atoms with van der Waals surface area (Å²) in [6, 6.07) is 14.5. The van der Waals surface area contributed by atoms with Crippen molar-refractivity contribution in [3.63, 3.8) is 0 Å². The number of anilines is 1. The molecule has 2 unspecified atom stereocenters. The first-order valence-corrected chi connectivity index (χ1v) is 8.78. The fourth-order valence-electron chi connectivity index (χ4n) is 2.29. The van der Waals surface area contributed by atoms with Gasteiger partial charge in [-0.3, -0.25) is 9.59 Å². The topological polar surface area (TPSA) is 88.1 Å². The average Bonchev–Trinajstić information content (AvgIpc) is 2.64. The summed E-state index contributed by atoms with van der Waals surface area (Å²) in [7, 11) is 0. The van der Waals surface area contributed by atoms with Crippen LogP contribution in [0.1, 0.15) is 10.4 Å². The summed E-state index contributed by atoms with van der Waals surface area (Å²) in [5, 5.41) is 12.9. The van der Waals surface area contributed by atoms with E-state index >= 15 is 0 Å². The maximum absolute atomic E-state index is 12.4. The third-order valence-electron chi connectivity index (χ3n) is 3.54. The zero-order valence-corrected chi connectivity index (χ0v) is 15.8. The highest BCUT2D eigenvalue weighted by Gasteiger charge is 2.42. The summed E-state index contributed by atoms with van der Waals surface area (Å²) in [5.41, 5.74) is 0.482. The van der Waals surface area contributed by atoms with Crippen molar-refractivity contribution in [3.05, 3.63) is 60.2 Å². The Morgan fingerprint density at radius 1 is 1.15 bits per heavy atom. The quantitative estimate of drug-likeness (QED) is 0.574. The lowest BCUT2D eigenvalue weighted by Gasteiger charge is -2.35. The first kappa shape index (κ1) is 19.7. The molecule has 0 fully saturated rings. The highest BCUT2D eigenvalue weighted by Crippen LogP contribution is 2.37. The van der Waals surface area contributed by atoms with Crippen molar-refractivity contribution in [2.24, 2.45) is 0 Å². The minimum Gasteiger partial charge on any atom is -0.453 e. The fraction of sp³-hybridized carbons (Fsp3) is 0.176. The smallest absolute Gasteiger partial charge is 0.320 e. The highest BCUT2D eigenvalue weighted by molar-refractivity contribution is 6.68. The second-order valence-electron chi connectivity index (χ2n) is 5.44. The second-order valence-corrected chi connectivity index (χ2v) is 7.81. The molecule has 0 spiro atoms. The van der Waals surface area contributed by atoms with E-state index in [-0.39, 0.29) is 11.4 Å². The highest BCUT2D eigenvalue weighted by atomic mass is 35.6. The van der Waals surface area contributed by atoms with Crippen LogP contribution in [-0.2, 0) is 9.63 Å². The third-order valence-corrected chi connectivity index (χ3v) is 4.13. The van der Waals surface area contributed by atoms with Crippen LogP contribution in [-0.4, -0.2) is 33.2 Å². The monoisotopic (exact) mass is 430 g/mol. The van der Waals surface area contributed by atoms with Gasteiger partial charge in [0, 0.05) is 5.56 Å². The summed E-state index contributed by atoms with van der Waals surface area (Å²) in [6.07, 6.45) is -3.35. The Labute approximate surface area is 169 Å². The Hall–Kier alpha value is -2.03. The number of para-hydroxylation sites is 2. The molecule has 27 heavy (non-hydrogen) atoms. The molecule has 0 saturated carbocycles. The van der Waals surface area contributed by atoms with E-state index in [4.69, 9.17) is 44.4 Å². The van der Waals surface area contributed by atoms with Crippen LogP contribution in [0.2, 0.25) is 0 Å². The second kappa shape index (κ2) is 7.92. The molecule has 0 saturated heterocycles. The van der Waals surface area contributed by atoms with E-state index in [2.05, 4.69) is 5.32 Å². The number of hydroxylamine groups is 1. The zero-order valence-electron chi connectivity index (χ0n) is 13.5. The number of carbonyl (C=O) groups is 2. The number of aliphatic hydroxyl groups excluding tert-OH is 1. The van der Waals surface area contributed by atoms with E-state index in [0.29, 0.717) is 5.56 Å². The number of benzene rings is 2. The van der Waals surface area contributed by atoms with Gasteiger partial charge in [0.1, 0.15) is 11.4 Å². The molecule has 0 aromatic heterocycles. The molecule has 142 valence electrons. The number of halogens is 3. The van der Waals surface area contributed by atoms with Crippen LogP contribution < -0.4 is 15.1 Å². The zero-order chi connectivity index (χ0) is 19.6. The molecule has 0 aliphatic carbocycles. The first-order chi connectivity index (χ1) is 12.8. The normalized spacial score (nSPS) is 17.7. The fourth-order valence-corrected chi connectivity index (χ4v) is 2.57. The van der Waals surface area contributed by atoms with Gasteiger partial charge < -0.3 is 15.2 Å². The number of alkyl halides is 3. The minimum atomic E-state index is -2.12. The Morgan fingerprint density at radius 3 is 2.44 bits per heavy atom. The molecule has 1 aliphatic rings. The summed E-state index contributed by atoms with van der Waals surface area (Å²) in [4.78, 5) is 30.2. The molecule has 10 heteroatoms. The number of amides is 2. The maximum Gasteiger partial charge on any atom is 0.320 e. The summed E-state index contributed by atoms with van der Waals surface area (Å²) in [6.45, 7) is 0. The predicted octanol–water partition coefficient (Wildman–Crippen LogP) is 2.79. The van der Waals surface area contributed by atoms with Gasteiger partial charge in [0.15, 0.2) is 0 Å². The Bertz CT molecular complexity index is 844. The van der Waals surface area contributed by atoms with Crippen LogP contribution in [0.4, 0.5) is 5.69 Å². The molecular formula is C17H13Cl3N2O5. The lowest BCUT2D eigenvalue weighted by molar-refractivity contribution is -0.154. The van der Waals surface area contributed by atoms with Crippen LogP contribution in [0.25, 0.3) is 0 Å². The molecule has 0 bridgehead atoms. The standard InChI is InChI=1S/C17H13Cl3N2O5/c18-17(19,20)16(21-13(23)10-6-2-1-3-7-10)27-22-11-8-4-5-9-12(11)26-15(25)14(22)24/h1-9,15-16,25H,(H,21,23). The van der Waals surface area contributed by atoms with Crippen molar-refractivity contribution >= 4 is 52.3 Å². The van der Waals surface area contributed by atoms with Gasteiger partial charge >= 0.3 is 5.91 Å². The van der Waals surface area contributed by atoms with Gasteiger partial charge in [-0.1, -0.05) is 65.1 Å². The van der Waals surface area contributed by atoms with E-state index in [1.54, 1.807) is 42.5 Å². The first-order valence-electron chi connectivity index (χ1n) is 7.64. The van der Waals surface area contributed by atoms with Crippen molar-refractivity contribution in [2.45, 2.75) is 16.3 Å². The Balaban J connectivity index is 1.87. The molecule has 2 amide bonds. The number of nitrogens with one attached hydrogen (secondary N) is 1. The van der Waals surface area contributed by atoms with Gasteiger partial charge in [0.05, 0.1) is 0 Å². The van der Waals surface area contributed by atoms with E-state index in [9.17, 15) is 14.7 Å². The molecule has 2 aromatic carbocycles.